The van der Waals surface area contributed by atoms with E-state index < -0.39 is 27.5 Å². The van der Waals surface area contributed by atoms with Crippen LogP contribution in [0.4, 0.5) is 17.1 Å². The van der Waals surface area contributed by atoms with Crippen molar-refractivity contribution in [2.75, 3.05) is 5.32 Å². The first kappa shape index (κ1) is 18.6. The zero-order valence-corrected chi connectivity index (χ0v) is 13.7. The van der Waals surface area contributed by atoms with Gasteiger partial charge < -0.3 is 10.4 Å². The molecule has 0 bridgehead atoms. The van der Waals surface area contributed by atoms with E-state index in [4.69, 9.17) is 23.2 Å². The summed E-state index contributed by atoms with van der Waals surface area (Å²) >= 11 is 11.5. The third kappa shape index (κ3) is 4.21. The summed E-state index contributed by atoms with van der Waals surface area (Å²) in [5.74, 6) is -0.866. The summed E-state index contributed by atoms with van der Waals surface area (Å²) in [5, 5.41) is 33.6. The number of nitro benzene ring substituents is 2. The van der Waals surface area contributed by atoms with Gasteiger partial charge in [0.1, 0.15) is 5.02 Å². The molecule has 2 N–H and O–H groups in total. The third-order valence-electron chi connectivity index (χ3n) is 3.13. The van der Waals surface area contributed by atoms with E-state index in [0.29, 0.717) is 0 Å². The number of non-ortho nitro benzene ring substituents is 1. The summed E-state index contributed by atoms with van der Waals surface area (Å²) in [7, 11) is 0. The summed E-state index contributed by atoms with van der Waals surface area (Å²) in [6.45, 7) is 0. The average Bonchev–Trinajstić information content (AvgIpc) is 2.55. The van der Waals surface area contributed by atoms with Gasteiger partial charge in [0, 0.05) is 23.8 Å². The van der Waals surface area contributed by atoms with Crippen molar-refractivity contribution in [2.45, 2.75) is 6.23 Å². The van der Waals surface area contributed by atoms with Crippen LogP contribution in [0.15, 0.2) is 36.4 Å². The van der Waals surface area contributed by atoms with E-state index in [0.717, 1.165) is 18.2 Å². The van der Waals surface area contributed by atoms with Crippen molar-refractivity contribution < 1.29 is 19.7 Å². The van der Waals surface area contributed by atoms with Crippen LogP contribution in [-0.2, 0) is 0 Å². The number of rotatable bonds is 6. The molecular formula is C14H9Cl2N3O6. The van der Waals surface area contributed by atoms with Gasteiger partial charge in [0.15, 0.2) is 6.23 Å². The molecular weight excluding hydrogens is 377 g/mol. The van der Waals surface area contributed by atoms with Gasteiger partial charge in [-0.25, -0.2) is 0 Å². The van der Waals surface area contributed by atoms with Gasteiger partial charge in [0.05, 0.1) is 20.6 Å². The Hall–Kier alpha value is -2.75. The molecule has 0 aromatic heterocycles. The van der Waals surface area contributed by atoms with Crippen molar-refractivity contribution in [1.29, 1.82) is 0 Å². The molecule has 130 valence electrons. The summed E-state index contributed by atoms with van der Waals surface area (Å²) in [6, 6.07) is 6.74. The highest BCUT2D eigenvalue weighted by Gasteiger charge is 2.22. The molecule has 11 heteroatoms. The molecule has 0 spiro atoms. The number of halogens is 2. The van der Waals surface area contributed by atoms with Crippen molar-refractivity contribution in [3.8, 4) is 0 Å². The minimum absolute atomic E-state index is 0.0802. The van der Waals surface area contributed by atoms with E-state index in [-0.39, 0.29) is 27.0 Å². The second-order valence-electron chi connectivity index (χ2n) is 4.76. The number of nitrogens with zero attached hydrogens (tertiary/aromatic N) is 2. The van der Waals surface area contributed by atoms with Crippen LogP contribution in [-0.4, -0.2) is 27.0 Å². The Morgan fingerprint density at radius 1 is 1.04 bits per heavy atom. The molecule has 0 fully saturated rings. The Morgan fingerprint density at radius 3 is 2.28 bits per heavy atom. The van der Waals surface area contributed by atoms with Crippen LogP contribution in [0, 0.1) is 20.2 Å². The van der Waals surface area contributed by atoms with Crippen LogP contribution in [0.2, 0.25) is 10.0 Å². The SMILES string of the molecule is O=C(c1ccc(Cl)c([N+](=O)[O-])c1)C(O)Nc1ccc([N+](=O)[O-])cc1Cl. The Morgan fingerprint density at radius 2 is 1.72 bits per heavy atom. The summed E-state index contributed by atoms with van der Waals surface area (Å²) in [4.78, 5) is 32.3. The maximum atomic E-state index is 12.2. The number of nitrogens with one attached hydrogen (secondary N) is 1. The summed E-state index contributed by atoms with van der Waals surface area (Å²) < 4.78 is 0. The fourth-order valence-corrected chi connectivity index (χ4v) is 2.33. The van der Waals surface area contributed by atoms with Crippen LogP contribution in [0.5, 0.6) is 0 Å². The number of hydrogen-bond donors (Lipinski definition) is 2. The zero-order valence-electron chi connectivity index (χ0n) is 12.2. The normalized spacial score (nSPS) is 11.6. The monoisotopic (exact) mass is 385 g/mol. The van der Waals surface area contributed by atoms with E-state index in [9.17, 15) is 30.1 Å². The number of Topliss-reactive ketones (excluding diaryl/α,β-unsaturated/α-hetero) is 1. The molecule has 0 radical (unpaired) electrons. The molecule has 0 heterocycles. The molecule has 0 aliphatic rings. The highest BCUT2D eigenvalue weighted by molar-refractivity contribution is 6.33. The van der Waals surface area contributed by atoms with E-state index in [1.165, 1.54) is 18.2 Å². The maximum Gasteiger partial charge on any atom is 0.288 e. The molecule has 0 aliphatic heterocycles. The van der Waals surface area contributed by atoms with Crippen LogP contribution >= 0.6 is 23.2 Å². The molecule has 0 aliphatic carbocycles. The first-order valence-corrected chi connectivity index (χ1v) is 7.33. The Labute approximate surface area is 150 Å². The lowest BCUT2D eigenvalue weighted by atomic mass is 10.1. The number of carbonyl (C=O) groups excluding carboxylic acids is 1. The van der Waals surface area contributed by atoms with Crippen molar-refractivity contribution in [3.63, 3.8) is 0 Å². The van der Waals surface area contributed by atoms with E-state index >= 15 is 0 Å². The third-order valence-corrected chi connectivity index (χ3v) is 3.76. The van der Waals surface area contributed by atoms with Gasteiger partial charge in [-0.3, -0.25) is 25.0 Å². The number of ketones is 1. The molecule has 0 saturated heterocycles. The number of aliphatic hydroxyl groups is 1. The standard InChI is InChI=1S/C14H9Cl2N3O6/c15-9-3-1-7(5-12(9)19(24)25)13(20)14(21)17-11-4-2-8(18(22)23)6-10(11)16/h1-6,14,17,21H. The number of nitro groups is 2. The van der Waals surface area contributed by atoms with Gasteiger partial charge in [-0.05, 0) is 18.2 Å². The lowest BCUT2D eigenvalue weighted by Crippen LogP contribution is -2.29. The summed E-state index contributed by atoms with van der Waals surface area (Å²) in [6.07, 6.45) is -1.78. The molecule has 2 rings (SSSR count). The van der Waals surface area contributed by atoms with Crippen LogP contribution in [0.3, 0.4) is 0 Å². The molecule has 1 atom stereocenters. The van der Waals surface area contributed by atoms with Gasteiger partial charge in [0.2, 0.25) is 5.78 Å². The Bertz CT molecular complexity index is 874. The quantitative estimate of drug-likeness (QED) is 0.336. The van der Waals surface area contributed by atoms with Gasteiger partial charge in [0.25, 0.3) is 11.4 Å². The topological polar surface area (TPSA) is 136 Å². The van der Waals surface area contributed by atoms with Crippen molar-refractivity contribution in [1.82, 2.24) is 0 Å². The predicted molar refractivity (Wildman–Crippen MR) is 90.2 cm³/mol. The van der Waals surface area contributed by atoms with Gasteiger partial charge >= 0.3 is 0 Å². The average molecular weight is 386 g/mol. The molecule has 1 unspecified atom stereocenters. The second kappa shape index (κ2) is 7.43. The number of aliphatic hydroxyl groups excluding tert-OH is 1. The molecule has 9 nitrogen and oxygen atoms in total. The largest absolute Gasteiger partial charge is 0.367 e. The number of anilines is 1. The molecule has 0 amide bonds. The predicted octanol–water partition coefficient (Wildman–Crippen LogP) is 3.42. The molecule has 25 heavy (non-hydrogen) atoms. The zero-order chi connectivity index (χ0) is 18.7. The first-order valence-electron chi connectivity index (χ1n) is 6.57. The van der Waals surface area contributed by atoms with Crippen LogP contribution in [0.25, 0.3) is 0 Å². The van der Waals surface area contributed by atoms with Crippen molar-refractivity contribution in [2.24, 2.45) is 0 Å². The fraction of sp³-hybridized carbons (Fsp3) is 0.0714. The first-order chi connectivity index (χ1) is 11.7. The second-order valence-corrected chi connectivity index (χ2v) is 5.57. The van der Waals surface area contributed by atoms with Crippen molar-refractivity contribution >= 4 is 46.0 Å². The number of carbonyl (C=O) groups is 1. The molecule has 2 aromatic rings. The minimum atomic E-state index is -1.78. The number of hydrogen-bond acceptors (Lipinski definition) is 7. The van der Waals surface area contributed by atoms with Gasteiger partial charge in [-0.15, -0.1) is 0 Å². The highest BCUT2D eigenvalue weighted by Crippen LogP contribution is 2.28. The van der Waals surface area contributed by atoms with Crippen molar-refractivity contribution in [3.05, 3.63) is 72.2 Å². The Balaban J connectivity index is 2.22. The van der Waals surface area contributed by atoms with Gasteiger partial charge in [-0.1, -0.05) is 23.2 Å². The smallest absolute Gasteiger partial charge is 0.288 e. The fourth-order valence-electron chi connectivity index (χ4n) is 1.91. The number of benzene rings is 2. The molecule has 0 saturated carbocycles. The summed E-state index contributed by atoms with van der Waals surface area (Å²) in [5.41, 5.74) is -0.802. The molecule has 2 aromatic carbocycles. The lowest BCUT2D eigenvalue weighted by Gasteiger charge is -2.14. The minimum Gasteiger partial charge on any atom is -0.367 e. The van der Waals surface area contributed by atoms with Crippen LogP contribution < -0.4 is 5.32 Å². The van der Waals surface area contributed by atoms with E-state index in [1.54, 1.807) is 0 Å². The lowest BCUT2D eigenvalue weighted by molar-refractivity contribution is -0.385. The van der Waals surface area contributed by atoms with E-state index in [1.807, 2.05) is 0 Å². The highest BCUT2D eigenvalue weighted by atomic mass is 35.5. The maximum absolute atomic E-state index is 12.2. The van der Waals surface area contributed by atoms with Crippen LogP contribution in [0.1, 0.15) is 10.4 Å². The Kier molecular flexibility index (Phi) is 5.52. The van der Waals surface area contributed by atoms with Gasteiger partial charge in [-0.2, -0.15) is 0 Å². The van der Waals surface area contributed by atoms with E-state index in [2.05, 4.69) is 5.32 Å².